The molecule has 2 unspecified atom stereocenters. The van der Waals surface area contributed by atoms with Crippen molar-refractivity contribution in [3.63, 3.8) is 0 Å². The first-order valence-corrected chi connectivity index (χ1v) is 12.0. The summed E-state index contributed by atoms with van der Waals surface area (Å²) < 4.78 is 39.8. The fraction of sp³-hybridized carbons (Fsp3) is 0.167. The zero-order valence-electron chi connectivity index (χ0n) is 18.4. The molecule has 0 radical (unpaired) electrons. The van der Waals surface area contributed by atoms with Crippen LogP contribution in [0.5, 0.6) is 0 Å². The van der Waals surface area contributed by atoms with Gasteiger partial charge < -0.3 is 10.6 Å². The van der Waals surface area contributed by atoms with Gasteiger partial charge in [0, 0.05) is 12.2 Å². The quantitative estimate of drug-likeness (QED) is 0.186. The highest BCUT2D eigenvalue weighted by atomic mass is 32.2. The number of guanidine groups is 1. The Kier molecular flexibility index (Phi) is 9.10. The molecule has 2 N–H and O–H groups in total. The molecule has 0 bridgehead atoms. The molecule has 0 fully saturated rings. The van der Waals surface area contributed by atoms with Crippen LogP contribution in [0.1, 0.15) is 25.0 Å². The minimum Gasteiger partial charge on any atom is -0.351 e. The van der Waals surface area contributed by atoms with Crippen molar-refractivity contribution >= 4 is 25.0 Å². The zero-order chi connectivity index (χ0) is 24.5. The Morgan fingerprint density at radius 1 is 1.21 bits per heavy atom. The van der Waals surface area contributed by atoms with Crippen molar-refractivity contribution < 1.29 is 12.8 Å². The Balaban J connectivity index is 2.14. The van der Waals surface area contributed by atoms with Gasteiger partial charge in [0.05, 0.1) is 9.79 Å². The summed E-state index contributed by atoms with van der Waals surface area (Å²) in [6.45, 7) is 7.20. The summed E-state index contributed by atoms with van der Waals surface area (Å²) in [5.41, 5.74) is 1.85. The van der Waals surface area contributed by atoms with Crippen LogP contribution in [-0.4, -0.2) is 14.4 Å². The molecule has 0 amide bonds. The number of alkyl halides is 1. The second kappa shape index (κ2) is 11.6. The van der Waals surface area contributed by atoms with Gasteiger partial charge in [-0.25, -0.2) is 12.8 Å². The third-order valence-electron chi connectivity index (χ3n) is 4.49. The number of hydrogen-bond acceptors (Lipinski definition) is 4. The smallest absolute Gasteiger partial charge is 0.212 e. The van der Waals surface area contributed by atoms with E-state index in [1.165, 1.54) is 43.3 Å². The Morgan fingerprint density at radius 3 is 2.27 bits per heavy atom. The van der Waals surface area contributed by atoms with Crippen molar-refractivity contribution in [2.45, 2.75) is 35.6 Å². The Bertz CT molecular complexity index is 1210. The predicted molar refractivity (Wildman–Crippen MR) is 133 cm³/mol. The lowest BCUT2D eigenvalue weighted by atomic mass is 10.1. The standard InChI is InChI=1S/C24H26FN4O2PS/c1-4-6-20(7-5-2)29-23(28-17-26)27-16-18-8-12-21(13-9-18)33(30,31)22-14-10-19(11-15-22)24(3,25)32/h4-15H,1,16,32H2,2-3H3,(H2,27,28,29)/b7-5-,20-6+. The summed E-state index contributed by atoms with van der Waals surface area (Å²) in [6, 6.07) is 12.1. The van der Waals surface area contributed by atoms with Gasteiger partial charge in [0.2, 0.25) is 22.0 Å². The highest BCUT2D eigenvalue weighted by molar-refractivity contribution is 7.91. The number of benzene rings is 2. The van der Waals surface area contributed by atoms with Crippen molar-refractivity contribution in [3.8, 4) is 6.19 Å². The third-order valence-corrected chi connectivity index (χ3v) is 6.61. The zero-order valence-corrected chi connectivity index (χ0v) is 20.4. The molecule has 33 heavy (non-hydrogen) atoms. The average Bonchev–Trinajstić information content (AvgIpc) is 2.78. The number of sulfone groups is 1. The van der Waals surface area contributed by atoms with Crippen LogP contribution >= 0.6 is 9.24 Å². The van der Waals surface area contributed by atoms with Gasteiger partial charge in [0.25, 0.3) is 0 Å². The maximum atomic E-state index is 14.0. The van der Waals surface area contributed by atoms with Crippen molar-refractivity contribution in [2.24, 2.45) is 4.99 Å². The lowest BCUT2D eigenvalue weighted by molar-refractivity contribution is 0.323. The van der Waals surface area contributed by atoms with Crippen LogP contribution in [-0.2, 0) is 21.8 Å². The van der Waals surface area contributed by atoms with E-state index in [0.717, 1.165) is 5.56 Å². The number of nitriles is 1. The van der Waals surface area contributed by atoms with Crippen LogP contribution in [0.2, 0.25) is 0 Å². The van der Waals surface area contributed by atoms with E-state index in [4.69, 9.17) is 5.26 Å². The average molecular weight is 485 g/mol. The molecule has 0 heterocycles. The fourth-order valence-corrected chi connectivity index (χ4v) is 4.27. The van der Waals surface area contributed by atoms with Crippen molar-refractivity contribution in [1.29, 1.82) is 5.26 Å². The van der Waals surface area contributed by atoms with Gasteiger partial charge in [-0.2, -0.15) is 5.26 Å². The van der Waals surface area contributed by atoms with Crippen molar-refractivity contribution in [2.75, 3.05) is 0 Å². The largest absolute Gasteiger partial charge is 0.351 e. The van der Waals surface area contributed by atoms with E-state index in [0.29, 0.717) is 17.8 Å². The van der Waals surface area contributed by atoms with Gasteiger partial charge in [-0.1, -0.05) is 52.2 Å². The second-order valence-electron chi connectivity index (χ2n) is 7.14. The van der Waals surface area contributed by atoms with Gasteiger partial charge in [0.1, 0.15) is 5.41 Å². The summed E-state index contributed by atoms with van der Waals surface area (Å²) in [4.78, 5) is 3.94. The first-order valence-electron chi connectivity index (χ1n) is 9.97. The third kappa shape index (κ3) is 7.38. The summed E-state index contributed by atoms with van der Waals surface area (Å²) >= 11 is 0. The number of nitrogens with one attached hydrogen (secondary N) is 2. The van der Waals surface area contributed by atoms with E-state index in [9.17, 15) is 12.8 Å². The second-order valence-corrected chi connectivity index (χ2v) is 10.2. The van der Waals surface area contributed by atoms with Crippen LogP contribution in [0.15, 0.2) is 99.9 Å². The minimum atomic E-state index is -3.74. The van der Waals surface area contributed by atoms with Gasteiger partial charge in [-0.3, -0.25) is 0 Å². The summed E-state index contributed by atoms with van der Waals surface area (Å²) in [5.74, 6) is 0.245. The highest BCUT2D eigenvalue weighted by Gasteiger charge is 2.22. The lowest BCUT2D eigenvalue weighted by Gasteiger charge is -2.15. The van der Waals surface area contributed by atoms with Crippen LogP contribution in [0, 0.1) is 11.5 Å². The van der Waals surface area contributed by atoms with Crippen molar-refractivity contribution in [3.05, 3.63) is 96.2 Å². The van der Waals surface area contributed by atoms with E-state index in [1.54, 1.807) is 36.6 Å². The Hall–Kier alpha value is -3.27. The van der Waals surface area contributed by atoms with E-state index < -0.39 is 15.2 Å². The molecule has 2 rings (SSSR count). The molecular weight excluding hydrogens is 458 g/mol. The van der Waals surface area contributed by atoms with E-state index in [-0.39, 0.29) is 15.8 Å². The summed E-state index contributed by atoms with van der Waals surface area (Å²) in [7, 11) is -1.66. The topological polar surface area (TPSA) is 94.3 Å². The summed E-state index contributed by atoms with van der Waals surface area (Å²) in [5, 5.41) is 13.3. The first kappa shape index (κ1) is 26.0. The molecule has 172 valence electrons. The molecule has 0 aliphatic carbocycles. The van der Waals surface area contributed by atoms with Crippen LogP contribution < -0.4 is 10.6 Å². The molecule has 0 spiro atoms. The Morgan fingerprint density at radius 2 is 1.79 bits per heavy atom. The molecule has 2 atom stereocenters. The molecule has 2 aromatic carbocycles. The molecule has 0 aromatic heterocycles. The molecular formula is C24H26FN4O2PS. The fourth-order valence-electron chi connectivity index (χ4n) is 2.81. The van der Waals surface area contributed by atoms with E-state index in [1.807, 2.05) is 13.0 Å². The summed E-state index contributed by atoms with van der Waals surface area (Å²) in [6.07, 6.45) is 8.70. The van der Waals surface area contributed by atoms with Crippen LogP contribution in [0.4, 0.5) is 4.39 Å². The molecule has 0 aliphatic heterocycles. The minimum absolute atomic E-state index is 0.0875. The number of nitrogens with zero attached hydrogens (tertiary/aromatic N) is 2. The number of allylic oxidation sites excluding steroid dienone is 4. The number of halogens is 1. The normalized spacial score (nSPS) is 14.4. The molecule has 0 saturated heterocycles. The monoisotopic (exact) mass is 484 g/mol. The van der Waals surface area contributed by atoms with Crippen LogP contribution in [0.3, 0.4) is 0 Å². The molecule has 9 heteroatoms. The number of hydrogen-bond donors (Lipinski definition) is 2. The number of rotatable bonds is 8. The van der Waals surface area contributed by atoms with Crippen LogP contribution in [0.25, 0.3) is 0 Å². The van der Waals surface area contributed by atoms with E-state index in [2.05, 4.69) is 31.4 Å². The first-order chi connectivity index (χ1) is 15.6. The molecule has 0 aliphatic rings. The van der Waals surface area contributed by atoms with E-state index >= 15 is 0 Å². The predicted octanol–water partition coefficient (Wildman–Crippen LogP) is 4.70. The molecule has 6 nitrogen and oxygen atoms in total. The maximum absolute atomic E-state index is 14.0. The molecule has 0 saturated carbocycles. The van der Waals surface area contributed by atoms with Gasteiger partial charge in [0.15, 0.2) is 0 Å². The maximum Gasteiger partial charge on any atom is 0.212 e. The SMILES string of the molecule is C=C/C=C(\C=C/C)N/C(=N/C#N)NCc1ccc(S(=O)(=O)c2ccc(C(C)(F)P)cc2)cc1. The Labute approximate surface area is 196 Å². The highest BCUT2D eigenvalue weighted by Crippen LogP contribution is 2.33. The molecule has 2 aromatic rings. The van der Waals surface area contributed by atoms with Gasteiger partial charge >= 0.3 is 0 Å². The lowest BCUT2D eigenvalue weighted by Crippen LogP contribution is -2.35. The van der Waals surface area contributed by atoms with Gasteiger partial charge in [-0.15, -0.1) is 4.99 Å². The number of aliphatic imine (C=N–C) groups is 1. The van der Waals surface area contributed by atoms with Crippen molar-refractivity contribution in [1.82, 2.24) is 10.6 Å². The van der Waals surface area contributed by atoms with Gasteiger partial charge in [-0.05, 0) is 61.4 Å².